The standard InChI is InChI=1S/C50H90NO11P/c1-3-5-7-8-9-10-11-12-13-14-15-16-17-18-19-20-25-28-31-34-37-41-49(54)62-46(43-60-63(57,58)61-44-47(51)50(55)56)42-59-48(53)40-36-33-30-27-24-22-21-23-26-29-32-35-39-45(52)38-6-4-2/h21-22,26-27,29-30,35,39,45-47,52H,3-20,23-25,28,31-34,36-38,40-44,51H2,1-2H3,(H,55,56)(H,57,58)/b22-21-,29-26-,30-27-,39-35-/t45-,46+,47-/m0/s1. The monoisotopic (exact) mass is 912 g/mol. The summed E-state index contributed by atoms with van der Waals surface area (Å²) >= 11 is 0. The highest BCUT2D eigenvalue weighted by Crippen LogP contribution is 2.43. The first-order chi connectivity index (χ1) is 30.5. The fraction of sp³-hybridized carbons (Fsp3) is 0.780. The van der Waals surface area contributed by atoms with E-state index in [9.17, 15) is 28.9 Å². The quantitative estimate of drug-likeness (QED) is 0.0196. The largest absolute Gasteiger partial charge is 0.480 e. The van der Waals surface area contributed by atoms with E-state index >= 15 is 0 Å². The van der Waals surface area contributed by atoms with Gasteiger partial charge in [-0.05, 0) is 44.9 Å². The van der Waals surface area contributed by atoms with Gasteiger partial charge in [0.15, 0.2) is 6.10 Å². The summed E-state index contributed by atoms with van der Waals surface area (Å²) in [5.41, 5.74) is 5.34. The molecule has 0 heterocycles. The second-order valence-corrected chi connectivity index (χ2v) is 18.2. The lowest BCUT2D eigenvalue weighted by Gasteiger charge is -2.20. The third kappa shape index (κ3) is 44.4. The molecule has 0 amide bonds. The third-order valence-corrected chi connectivity index (χ3v) is 11.6. The van der Waals surface area contributed by atoms with Crippen LogP contribution >= 0.6 is 7.82 Å². The lowest BCUT2D eigenvalue weighted by Crippen LogP contribution is -2.34. The van der Waals surface area contributed by atoms with E-state index in [0.29, 0.717) is 19.3 Å². The Labute approximate surface area is 382 Å². The van der Waals surface area contributed by atoms with Gasteiger partial charge >= 0.3 is 25.7 Å². The van der Waals surface area contributed by atoms with E-state index in [1.807, 2.05) is 24.3 Å². The summed E-state index contributed by atoms with van der Waals surface area (Å²) in [6.07, 6.45) is 48.0. The molecule has 0 saturated heterocycles. The number of carbonyl (C=O) groups is 3. The number of rotatable bonds is 46. The van der Waals surface area contributed by atoms with Crippen LogP contribution in [0.4, 0.5) is 0 Å². The molecule has 0 bridgehead atoms. The van der Waals surface area contributed by atoms with E-state index in [1.54, 1.807) is 0 Å². The molecule has 1 unspecified atom stereocenters. The van der Waals surface area contributed by atoms with E-state index in [4.69, 9.17) is 24.8 Å². The van der Waals surface area contributed by atoms with E-state index < -0.39 is 51.1 Å². The second kappa shape index (κ2) is 44.6. The van der Waals surface area contributed by atoms with Crippen LogP contribution in [0.3, 0.4) is 0 Å². The zero-order valence-corrected chi connectivity index (χ0v) is 40.4. The fourth-order valence-corrected chi connectivity index (χ4v) is 7.50. The number of aliphatic carboxylic acids is 1. The van der Waals surface area contributed by atoms with Crippen molar-refractivity contribution in [1.82, 2.24) is 0 Å². The van der Waals surface area contributed by atoms with Crippen LogP contribution < -0.4 is 5.73 Å². The SMILES string of the molecule is CCCCCCCCCCCCCCCCCCCCCCCC(=O)O[C@H](COC(=O)CCC/C=C\C/C=C\C/C=C\C/C=C\[C@@H](O)CCCC)COP(=O)(O)OC[C@H](N)C(=O)O. The van der Waals surface area contributed by atoms with Gasteiger partial charge in [0.05, 0.1) is 19.3 Å². The zero-order chi connectivity index (χ0) is 46.5. The molecule has 0 aromatic rings. The number of nitrogens with two attached hydrogens (primary N) is 1. The number of esters is 2. The average molecular weight is 912 g/mol. The number of phosphoric acid groups is 1. The summed E-state index contributed by atoms with van der Waals surface area (Å²) in [7, 11) is -4.74. The number of allylic oxidation sites excluding steroid dienone is 7. The Morgan fingerprint density at radius 2 is 0.984 bits per heavy atom. The van der Waals surface area contributed by atoms with E-state index in [-0.39, 0.29) is 25.6 Å². The Balaban J connectivity index is 4.35. The Bertz CT molecular complexity index is 1270. The number of carboxylic acids is 1. The smallest absolute Gasteiger partial charge is 0.472 e. The number of unbranched alkanes of at least 4 members (excludes halogenated alkanes) is 22. The van der Waals surface area contributed by atoms with E-state index in [1.165, 1.54) is 109 Å². The van der Waals surface area contributed by atoms with Gasteiger partial charge in [0, 0.05) is 12.8 Å². The molecule has 4 atom stereocenters. The summed E-state index contributed by atoms with van der Waals surface area (Å²) in [5.74, 6) is -2.47. The Hall–Kier alpha value is -2.60. The molecule has 0 aromatic carbocycles. The highest BCUT2D eigenvalue weighted by molar-refractivity contribution is 7.47. The number of hydrogen-bond acceptors (Lipinski definition) is 10. The van der Waals surface area contributed by atoms with Crippen molar-refractivity contribution in [3.8, 4) is 0 Å². The third-order valence-electron chi connectivity index (χ3n) is 10.7. The number of ether oxygens (including phenoxy) is 2. The van der Waals surface area contributed by atoms with Crippen molar-refractivity contribution in [3.63, 3.8) is 0 Å². The van der Waals surface area contributed by atoms with Crippen LogP contribution in [0.5, 0.6) is 0 Å². The maximum atomic E-state index is 12.7. The van der Waals surface area contributed by atoms with Crippen LogP contribution in [0.2, 0.25) is 0 Å². The molecule has 5 N–H and O–H groups in total. The molecule has 0 rings (SSSR count). The lowest BCUT2D eigenvalue weighted by molar-refractivity contribution is -0.161. The fourth-order valence-electron chi connectivity index (χ4n) is 6.72. The number of aliphatic hydroxyl groups is 1. The van der Waals surface area contributed by atoms with Crippen molar-refractivity contribution < 1.29 is 52.6 Å². The van der Waals surface area contributed by atoms with Crippen molar-refractivity contribution in [2.45, 2.75) is 231 Å². The second-order valence-electron chi connectivity index (χ2n) is 16.8. The molecule has 63 heavy (non-hydrogen) atoms. The number of aliphatic hydroxyl groups excluding tert-OH is 1. The van der Waals surface area contributed by atoms with Crippen molar-refractivity contribution in [3.05, 3.63) is 48.6 Å². The molecule has 0 aliphatic rings. The van der Waals surface area contributed by atoms with Gasteiger partial charge in [0.2, 0.25) is 0 Å². The Morgan fingerprint density at radius 3 is 1.48 bits per heavy atom. The Kier molecular flexibility index (Phi) is 42.8. The minimum absolute atomic E-state index is 0.130. The summed E-state index contributed by atoms with van der Waals surface area (Å²) in [6.45, 7) is 2.61. The van der Waals surface area contributed by atoms with Gasteiger partial charge < -0.3 is 30.3 Å². The van der Waals surface area contributed by atoms with Gasteiger partial charge in [-0.1, -0.05) is 204 Å². The number of hydrogen-bond donors (Lipinski definition) is 4. The summed E-state index contributed by atoms with van der Waals surface area (Å²) in [5, 5.41) is 18.7. The van der Waals surface area contributed by atoms with Crippen LogP contribution in [-0.4, -0.2) is 71.1 Å². The van der Waals surface area contributed by atoms with Gasteiger partial charge in [-0.3, -0.25) is 23.4 Å². The molecule has 0 aliphatic carbocycles. The predicted molar refractivity (Wildman–Crippen MR) is 255 cm³/mol. The predicted octanol–water partition coefficient (Wildman–Crippen LogP) is 12.7. The average Bonchev–Trinajstić information content (AvgIpc) is 3.26. The first-order valence-electron chi connectivity index (χ1n) is 24.8. The van der Waals surface area contributed by atoms with Crippen molar-refractivity contribution in [2.75, 3.05) is 19.8 Å². The van der Waals surface area contributed by atoms with Crippen LogP contribution in [0, 0.1) is 0 Å². The zero-order valence-electron chi connectivity index (χ0n) is 39.5. The first-order valence-corrected chi connectivity index (χ1v) is 26.2. The molecule has 0 radical (unpaired) electrons. The van der Waals surface area contributed by atoms with Gasteiger partial charge in [0.1, 0.15) is 12.6 Å². The maximum absolute atomic E-state index is 12.7. The molecule has 0 saturated carbocycles. The highest BCUT2D eigenvalue weighted by atomic mass is 31.2. The molecule has 0 aromatic heterocycles. The van der Waals surface area contributed by atoms with Crippen LogP contribution in [-0.2, 0) is 37.5 Å². The minimum Gasteiger partial charge on any atom is -0.480 e. The Morgan fingerprint density at radius 1 is 0.556 bits per heavy atom. The van der Waals surface area contributed by atoms with Gasteiger partial charge in [-0.15, -0.1) is 0 Å². The molecule has 0 fully saturated rings. The number of carbonyl (C=O) groups excluding carboxylic acids is 2. The van der Waals surface area contributed by atoms with Crippen molar-refractivity contribution in [1.29, 1.82) is 0 Å². The van der Waals surface area contributed by atoms with Gasteiger partial charge in [-0.25, -0.2) is 4.57 Å². The summed E-state index contributed by atoms with van der Waals surface area (Å²) in [6, 6.07) is -1.54. The molecular formula is C50H90NO11P. The topological polar surface area (TPSA) is 192 Å². The molecule has 12 nitrogen and oxygen atoms in total. The summed E-state index contributed by atoms with van der Waals surface area (Å²) < 4.78 is 32.7. The van der Waals surface area contributed by atoms with E-state index in [0.717, 1.165) is 57.8 Å². The number of phosphoric ester groups is 1. The summed E-state index contributed by atoms with van der Waals surface area (Å²) in [4.78, 5) is 46.1. The molecular weight excluding hydrogens is 822 g/mol. The highest BCUT2D eigenvalue weighted by Gasteiger charge is 2.28. The first kappa shape index (κ1) is 60.4. The van der Waals surface area contributed by atoms with Crippen LogP contribution in [0.25, 0.3) is 0 Å². The van der Waals surface area contributed by atoms with Crippen molar-refractivity contribution in [2.24, 2.45) is 5.73 Å². The van der Waals surface area contributed by atoms with Crippen molar-refractivity contribution >= 4 is 25.7 Å². The number of carboxylic acid groups (broad SMARTS) is 1. The van der Waals surface area contributed by atoms with Gasteiger partial charge in [-0.2, -0.15) is 0 Å². The van der Waals surface area contributed by atoms with Gasteiger partial charge in [0.25, 0.3) is 0 Å². The maximum Gasteiger partial charge on any atom is 0.472 e. The minimum atomic E-state index is -4.74. The van der Waals surface area contributed by atoms with Crippen LogP contribution in [0.1, 0.15) is 213 Å². The molecule has 0 spiro atoms. The molecule has 13 heteroatoms. The normalized spacial score (nSPS) is 14.5. The molecule has 0 aliphatic heterocycles. The lowest BCUT2D eigenvalue weighted by atomic mass is 10.0. The van der Waals surface area contributed by atoms with E-state index in [2.05, 4.69) is 42.7 Å². The molecule has 366 valence electrons. The van der Waals surface area contributed by atoms with Crippen LogP contribution in [0.15, 0.2) is 48.6 Å².